The predicted molar refractivity (Wildman–Crippen MR) is 140 cm³/mol. The molecule has 0 spiro atoms. The van der Waals surface area contributed by atoms with Crippen LogP contribution in [-0.4, -0.2) is 11.9 Å². The first-order valence-electron chi connectivity index (χ1n) is 11.5. The summed E-state index contributed by atoms with van der Waals surface area (Å²) in [4.78, 5) is 24.9. The Balaban J connectivity index is 1.21. The molecule has 4 heteroatoms. The van der Waals surface area contributed by atoms with Gasteiger partial charge in [0.25, 0.3) is 0 Å². The maximum absolute atomic E-state index is 12.6. The van der Waals surface area contributed by atoms with Crippen LogP contribution in [0.4, 0.5) is 0 Å². The Labute approximate surface area is 209 Å². The lowest BCUT2D eigenvalue weighted by Gasteiger charge is -2.08. The largest absolute Gasteiger partial charge is 0.423 e. The van der Waals surface area contributed by atoms with Gasteiger partial charge in [-0.2, -0.15) is 0 Å². The molecule has 0 aromatic heterocycles. The summed E-state index contributed by atoms with van der Waals surface area (Å²) in [5.74, 6) is 0.137. The van der Waals surface area contributed by atoms with Crippen molar-refractivity contribution in [1.29, 1.82) is 0 Å². The van der Waals surface area contributed by atoms with Crippen molar-refractivity contribution < 1.29 is 19.1 Å². The molecule has 0 atom stereocenters. The summed E-state index contributed by atoms with van der Waals surface area (Å²) in [5, 5.41) is 0. The molecule has 5 aromatic rings. The predicted octanol–water partition coefficient (Wildman–Crippen LogP) is 7.46. The molecule has 5 aromatic carbocycles. The highest BCUT2D eigenvalue weighted by molar-refractivity contribution is 5.92. The summed E-state index contributed by atoms with van der Waals surface area (Å²) in [5.41, 5.74) is 4.94. The molecule has 0 N–H and O–H groups in total. The molecule has 4 nitrogen and oxygen atoms in total. The molecule has 5 rings (SSSR count). The summed E-state index contributed by atoms with van der Waals surface area (Å²) < 4.78 is 10.9. The summed E-state index contributed by atoms with van der Waals surface area (Å²) in [6.07, 6.45) is 0. The van der Waals surface area contributed by atoms with E-state index in [1.807, 2.05) is 84.9 Å². The Bertz CT molecular complexity index is 1460. The van der Waals surface area contributed by atoms with Gasteiger partial charge in [0.05, 0.1) is 11.1 Å². The standard InChI is InChI=1S/C32H22O4/c33-31(35-29-9-5-2-6-10-29)27-17-13-25(14-18-27)26-19-21-30(22-20-26)36-32(34)28-15-11-24(12-16-28)23-7-3-1-4-8-23/h1-22H. The maximum atomic E-state index is 12.6. The first-order valence-corrected chi connectivity index (χ1v) is 11.5. The second-order valence-corrected chi connectivity index (χ2v) is 8.14. The second kappa shape index (κ2) is 10.5. The fourth-order valence-corrected chi connectivity index (χ4v) is 3.76. The van der Waals surface area contributed by atoms with Gasteiger partial charge in [0.1, 0.15) is 11.5 Å². The lowest BCUT2D eigenvalue weighted by Crippen LogP contribution is -2.08. The quantitative estimate of drug-likeness (QED) is 0.191. The Kier molecular flexibility index (Phi) is 6.68. The number of carbonyl (C=O) groups is 2. The van der Waals surface area contributed by atoms with E-state index in [1.54, 1.807) is 48.5 Å². The van der Waals surface area contributed by atoms with Crippen LogP contribution in [0.2, 0.25) is 0 Å². The fraction of sp³-hybridized carbons (Fsp3) is 0. The van der Waals surface area contributed by atoms with E-state index in [2.05, 4.69) is 0 Å². The molecule has 0 aliphatic rings. The molecule has 0 bridgehead atoms. The number of para-hydroxylation sites is 1. The third-order valence-electron chi connectivity index (χ3n) is 5.70. The van der Waals surface area contributed by atoms with Gasteiger partial charge in [0.2, 0.25) is 0 Å². The van der Waals surface area contributed by atoms with Crippen molar-refractivity contribution in [3.8, 4) is 33.8 Å². The molecule has 0 aliphatic carbocycles. The van der Waals surface area contributed by atoms with Gasteiger partial charge in [0, 0.05) is 0 Å². The number of carbonyl (C=O) groups excluding carboxylic acids is 2. The molecule has 0 saturated heterocycles. The van der Waals surface area contributed by atoms with E-state index in [1.165, 1.54) is 0 Å². The van der Waals surface area contributed by atoms with E-state index in [0.717, 1.165) is 22.3 Å². The molecule has 0 saturated carbocycles. The van der Waals surface area contributed by atoms with Crippen LogP contribution in [0.1, 0.15) is 20.7 Å². The Morgan fingerprint density at radius 3 is 1.14 bits per heavy atom. The van der Waals surface area contributed by atoms with Crippen LogP contribution < -0.4 is 9.47 Å². The first kappa shape index (κ1) is 22.8. The van der Waals surface area contributed by atoms with E-state index in [4.69, 9.17) is 9.47 Å². The lowest BCUT2D eigenvalue weighted by atomic mass is 10.0. The number of esters is 2. The van der Waals surface area contributed by atoms with Crippen LogP contribution in [-0.2, 0) is 0 Å². The normalized spacial score (nSPS) is 10.4. The van der Waals surface area contributed by atoms with E-state index in [-0.39, 0.29) is 0 Å². The molecule has 0 amide bonds. The second-order valence-electron chi connectivity index (χ2n) is 8.14. The van der Waals surface area contributed by atoms with E-state index in [9.17, 15) is 9.59 Å². The van der Waals surface area contributed by atoms with Crippen LogP contribution in [0.5, 0.6) is 11.5 Å². The molecule has 174 valence electrons. The highest BCUT2D eigenvalue weighted by Gasteiger charge is 2.11. The maximum Gasteiger partial charge on any atom is 0.343 e. The van der Waals surface area contributed by atoms with Crippen LogP contribution in [0.15, 0.2) is 133 Å². The van der Waals surface area contributed by atoms with Gasteiger partial charge >= 0.3 is 11.9 Å². The van der Waals surface area contributed by atoms with Crippen LogP contribution in [0.25, 0.3) is 22.3 Å². The van der Waals surface area contributed by atoms with Crippen molar-refractivity contribution in [3.63, 3.8) is 0 Å². The molecule has 0 radical (unpaired) electrons. The Hall–Kier alpha value is -4.96. The zero-order chi connectivity index (χ0) is 24.7. The third kappa shape index (κ3) is 5.40. The van der Waals surface area contributed by atoms with Gasteiger partial charge in [0.15, 0.2) is 0 Å². The van der Waals surface area contributed by atoms with Gasteiger partial charge in [-0.1, -0.05) is 84.9 Å². The molecule has 36 heavy (non-hydrogen) atoms. The van der Waals surface area contributed by atoms with E-state index >= 15 is 0 Å². The topological polar surface area (TPSA) is 52.6 Å². The first-order chi connectivity index (χ1) is 17.7. The summed E-state index contributed by atoms with van der Waals surface area (Å²) >= 11 is 0. The average molecular weight is 471 g/mol. The fourth-order valence-electron chi connectivity index (χ4n) is 3.76. The number of benzene rings is 5. The van der Waals surface area contributed by atoms with Gasteiger partial charge in [-0.15, -0.1) is 0 Å². The third-order valence-corrected chi connectivity index (χ3v) is 5.70. The van der Waals surface area contributed by atoms with Crippen molar-refractivity contribution in [1.82, 2.24) is 0 Å². The molecular weight excluding hydrogens is 448 g/mol. The molecule has 0 aliphatic heterocycles. The minimum absolute atomic E-state index is 0.410. The van der Waals surface area contributed by atoms with E-state index in [0.29, 0.717) is 22.6 Å². The number of hydrogen-bond acceptors (Lipinski definition) is 4. The summed E-state index contributed by atoms with van der Waals surface area (Å²) in [7, 11) is 0. The van der Waals surface area contributed by atoms with Crippen LogP contribution in [0, 0.1) is 0 Å². The van der Waals surface area contributed by atoms with Gasteiger partial charge in [-0.25, -0.2) is 9.59 Å². The highest BCUT2D eigenvalue weighted by atomic mass is 16.5. The minimum atomic E-state index is -0.413. The summed E-state index contributed by atoms with van der Waals surface area (Å²) in [6, 6.07) is 40.7. The Morgan fingerprint density at radius 1 is 0.361 bits per heavy atom. The van der Waals surface area contributed by atoms with Crippen LogP contribution in [0.3, 0.4) is 0 Å². The molecular formula is C32H22O4. The number of rotatable bonds is 6. The van der Waals surface area contributed by atoms with Gasteiger partial charge in [-0.3, -0.25) is 0 Å². The van der Waals surface area contributed by atoms with E-state index < -0.39 is 11.9 Å². The molecule has 0 heterocycles. The summed E-state index contributed by atoms with van der Waals surface area (Å²) in [6.45, 7) is 0. The van der Waals surface area contributed by atoms with Crippen molar-refractivity contribution in [2.24, 2.45) is 0 Å². The van der Waals surface area contributed by atoms with Gasteiger partial charge < -0.3 is 9.47 Å². The number of ether oxygens (including phenoxy) is 2. The van der Waals surface area contributed by atoms with Crippen molar-refractivity contribution in [2.75, 3.05) is 0 Å². The zero-order valence-electron chi connectivity index (χ0n) is 19.3. The van der Waals surface area contributed by atoms with Crippen LogP contribution >= 0.6 is 0 Å². The lowest BCUT2D eigenvalue weighted by molar-refractivity contribution is 0.0725. The minimum Gasteiger partial charge on any atom is -0.423 e. The molecule has 0 fully saturated rings. The smallest absolute Gasteiger partial charge is 0.343 e. The van der Waals surface area contributed by atoms with Crippen molar-refractivity contribution >= 4 is 11.9 Å². The monoisotopic (exact) mass is 470 g/mol. The SMILES string of the molecule is O=C(Oc1ccc(-c2ccc(C(=O)Oc3ccccc3)cc2)cc1)c1ccc(-c2ccccc2)cc1. The molecule has 0 unspecified atom stereocenters. The van der Waals surface area contributed by atoms with Crippen molar-refractivity contribution in [3.05, 3.63) is 145 Å². The highest BCUT2D eigenvalue weighted by Crippen LogP contribution is 2.25. The Morgan fingerprint density at radius 2 is 0.694 bits per heavy atom. The number of hydrogen-bond donors (Lipinski definition) is 0. The van der Waals surface area contributed by atoms with Gasteiger partial charge in [-0.05, 0) is 70.8 Å². The van der Waals surface area contributed by atoms with Crippen molar-refractivity contribution in [2.45, 2.75) is 0 Å². The average Bonchev–Trinajstić information content (AvgIpc) is 2.95. The zero-order valence-corrected chi connectivity index (χ0v) is 19.3.